The van der Waals surface area contributed by atoms with Gasteiger partial charge in [0.1, 0.15) is 29.8 Å². The summed E-state index contributed by atoms with van der Waals surface area (Å²) in [5.74, 6) is -2.76. The predicted octanol–water partition coefficient (Wildman–Crippen LogP) is 1.49. The van der Waals surface area contributed by atoms with Crippen molar-refractivity contribution in [2.24, 2.45) is 0 Å². The van der Waals surface area contributed by atoms with Crippen molar-refractivity contribution < 1.29 is 38.6 Å². The average molecular weight is 611 g/mol. The van der Waals surface area contributed by atoms with E-state index in [2.05, 4.69) is 16.0 Å². The summed E-state index contributed by atoms with van der Waals surface area (Å²) < 4.78 is 10.3. The molecule has 1 aliphatic heterocycles. The maximum Gasteiger partial charge on any atom is 0.410 e. The van der Waals surface area contributed by atoms with Crippen LogP contribution in [0.25, 0.3) is 0 Å². The topological polar surface area (TPSA) is 163 Å². The lowest BCUT2D eigenvalue weighted by molar-refractivity contribution is -0.145. The minimum atomic E-state index is -1.43. The first-order valence-corrected chi connectivity index (χ1v) is 14.6. The van der Waals surface area contributed by atoms with E-state index < -0.39 is 66.2 Å². The Morgan fingerprint density at radius 3 is 1.89 bits per heavy atom. The van der Waals surface area contributed by atoms with Gasteiger partial charge in [-0.2, -0.15) is 0 Å². The Morgan fingerprint density at radius 2 is 1.36 bits per heavy atom. The first-order chi connectivity index (χ1) is 20.9. The Labute approximate surface area is 257 Å². The second-order valence-electron chi connectivity index (χ2n) is 11.6. The largest absolute Gasteiger partial charge is 0.467 e. The van der Waals surface area contributed by atoms with E-state index in [1.165, 1.54) is 12.0 Å². The van der Waals surface area contributed by atoms with E-state index >= 15 is 0 Å². The Balaban J connectivity index is 1.74. The fraction of sp³-hybridized carbons (Fsp3) is 0.469. The van der Waals surface area contributed by atoms with E-state index in [4.69, 9.17) is 9.47 Å². The number of carbonyl (C=O) groups is 5. The number of rotatable bonds is 12. The molecule has 0 spiro atoms. The summed E-state index contributed by atoms with van der Waals surface area (Å²) in [6, 6.07) is 13.5. The number of ether oxygens (including phenoxy) is 2. The van der Waals surface area contributed by atoms with Gasteiger partial charge in [-0.25, -0.2) is 9.59 Å². The zero-order chi connectivity index (χ0) is 32.3. The van der Waals surface area contributed by atoms with Crippen molar-refractivity contribution in [2.75, 3.05) is 20.3 Å². The van der Waals surface area contributed by atoms with Crippen LogP contribution in [0.4, 0.5) is 4.79 Å². The van der Waals surface area contributed by atoms with Gasteiger partial charge < -0.3 is 30.5 Å². The highest BCUT2D eigenvalue weighted by atomic mass is 16.6. The van der Waals surface area contributed by atoms with Crippen LogP contribution in [0.1, 0.15) is 44.7 Å². The predicted molar refractivity (Wildman–Crippen MR) is 161 cm³/mol. The molecule has 4 atom stereocenters. The van der Waals surface area contributed by atoms with Gasteiger partial charge in [0.15, 0.2) is 0 Å². The molecule has 12 nitrogen and oxygen atoms in total. The van der Waals surface area contributed by atoms with Gasteiger partial charge in [0, 0.05) is 19.4 Å². The zero-order valence-electron chi connectivity index (χ0n) is 25.6. The standard InChI is InChI=1S/C32H42N4O8/c1-32(2,3)44-31(42)36-17-11-16-26(36)29(40)33-23(18-21-12-7-5-8-13-21)27(38)35-25(20-37)28(39)34-24(30(41)43-4)19-22-14-9-6-10-15-22/h5-10,12-15,23-26,37H,11,16-20H2,1-4H3,(H,33,40)(H,34,39)(H,35,38)/t23-,24-,25-,26-/m0/s1. The van der Waals surface area contributed by atoms with E-state index in [-0.39, 0.29) is 12.8 Å². The van der Waals surface area contributed by atoms with Crippen LogP contribution >= 0.6 is 0 Å². The SMILES string of the molecule is COC(=O)[C@H](Cc1ccccc1)NC(=O)[C@H](CO)NC(=O)[C@H](Cc1ccccc1)NC(=O)[C@@H]1CCCN1C(=O)OC(C)(C)C. The molecule has 1 fully saturated rings. The van der Waals surface area contributed by atoms with E-state index in [0.717, 1.165) is 11.1 Å². The van der Waals surface area contributed by atoms with Crippen molar-refractivity contribution in [1.82, 2.24) is 20.9 Å². The molecule has 1 aliphatic rings. The number of hydrogen-bond donors (Lipinski definition) is 4. The number of methoxy groups -OCH3 is 1. The molecule has 1 heterocycles. The summed E-state index contributed by atoms with van der Waals surface area (Å²) in [6.07, 6.45) is 0.572. The molecule has 1 saturated heterocycles. The number of carbonyl (C=O) groups excluding carboxylic acids is 5. The van der Waals surface area contributed by atoms with Gasteiger partial charge in [-0.15, -0.1) is 0 Å². The smallest absolute Gasteiger partial charge is 0.410 e. The van der Waals surface area contributed by atoms with Crippen LogP contribution in [0, 0.1) is 0 Å². The summed E-state index contributed by atoms with van der Waals surface area (Å²) in [7, 11) is 1.20. The lowest BCUT2D eigenvalue weighted by Gasteiger charge is -2.29. The first-order valence-electron chi connectivity index (χ1n) is 14.6. The van der Waals surface area contributed by atoms with Crippen LogP contribution in [0.2, 0.25) is 0 Å². The number of nitrogens with one attached hydrogen (secondary N) is 3. The van der Waals surface area contributed by atoms with Crippen molar-refractivity contribution in [3.63, 3.8) is 0 Å². The Kier molecular flexibility index (Phi) is 12.3. The van der Waals surface area contributed by atoms with Crippen LogP contribution in [0.15, 0.2) is 60.7 Å². The average Bonchev–Trinajstić information content (AvgIpc) is 3.49. The first kappa shape index (κ1) is 34.0. The molecule has 0 bridgehead atoms. The van der Waals surface area contributed by atoms with Crippen LogP contribution in [0.5, 0.6) is 0 Å². The molecule has 4 amide bonds. The third-order valence-corrected chi connectivity index (χ3v) is 7.00. The van der Waals surface area contributed by atoms with Gasteiger partial charge in [0.2, 0.25) is 17.7 Å². The molecule has 44 heavy (non-hydrogen) atoms. The lowest BCUT2D eigenvalue weighted by Crippen LogP contribution is -2.59. The van der Waals surface area contributed by atoms with Gasteiger partial charge in [0.05, 0.1) is 13.7 Å². The molecule has 0 radical (unpaired) electrons. The second-order valence-corrected chi connectivity index (χ2v) is 11.6. The summed E-state index contributed by atoms with van der Waals surface area (Å²) in [5, 5.41) is 17.8. The zero-order valence-corrected chi connectivity index (χ0v) is 25.6. The summed E-state index contributed by atoms with van der Waals surface area (Å²) in [4.78, 5) is 66.6. The second kappa shape index (κ2) is 15.9. The molecular formula is C32H42N4O8. The van der Waals surface area contributed by atoms with E-state index in [1.54, 1.807) is 69.3 Å². The minimum Gasteiger partial charge on any atom is -0.467 e. The Bertz CT molecular complexity index is 1280. The highest BCUT2D eigenvalue weighted by molar-refractivity contribution is 5.95. The number of aliphatic hydroxyl groups is 1. The maximum absolute atomic E-state index is 13.5. The number of hydrogen-bond acceptors (Lipinski definition) is 8. The third kappa shape index (κ3) is 10.1. The van der Waals surface area contributed by atoms with Crippen LogP contribution in [-0.2, 0) is 41.5 Å². The maximum atomic E-state index is 13.5. The van der Waals surface area contributed by atoms with Gasteiger partial charge in [-0.3, -0.25) is 19.3 Å². The van der Waals surface area contributed by atoms with Crippen molar-refractivity contribution >= 4 is 29.8 Å². The molecule has 238 valence electrons. The molecule has 0 aliphatic carbocycles. The number of nitrogens with zero attached hydrogens (tertiary/aromatic N) is 1. The van der Waals surface area contributed by atoms with Crippen LogP contribution < -0.4 is 16.0 Å². The summed E-state index contributed by atoms with van der Waals surface area (Å²) in [5.41, 5.74) is 0.761. The normalized spacial score (nSPS) is 16.7. The Hall–Kier alpha value is -4.45. The molecule has 0 aromatic heterocycles. The fourth-order valence-electron chi connectivity index (χ4n) is 4.83. The third-order valence-electron chi connectivity index (χ3n) is 7.00. The van der Waals surface area contributed by atoms with Crippen molar-refractivity contribution in [2.45, 2.75) is 76.2 Å². The highest BCUT2D eigenvalue weighted by Gasteiger charge is 2.38. The van der Waals surface area contributed by atoms with Crippen molar-refractivity contribution in [3.8, 4) is 0 Å². The Morgan fingerprint density at radius 1 is 0.841 bits per heavy atom. The fourth-order valence-corrected chi connectivity index (χ4v) is 4.83. The lowest BCUT2D eigenvalue weighted by atomic mass is 10.0. The van der Waals surface area contributed by atoms with Crippen molar-refractivity contribution in [3.05, 3.63) is 71.8 Å². The molecule has 2 aromatic carbocycles. The van der Waals surface area contributed by atoms with Crippen molar-refractivity contribution in [1.29, 1.82) is 0 Å². The molecule has 12 heteroatoms. The number of benzene rings is 2. The summed E-state index contributed by atoms with van der Waals surface area (Å²) >= 11 is 0. The number of likely N-dealkylation sites (tertiary alicyclic amines) is 1. The van der Waals surface area contributed by atoms with E-state index in [9.17, 15) is 29.1 Å². The molecule has 3 rings (SSSR count). The number of esters is 1. The number of aliphatic hydroxyl groups excluding tert-OH is 1. The molecular weight excluding hydrogens is 568 g/mol. The molecule has 0 saturated carbocycles. The van der Waals surface area contributed by atoms with E-state index in [0.29, 0.717) is 19.4 Å². The van der Waals surface area contributed by atoms with E-state index in [1.807, 2.05) is 12.1 Å². The minimum absolute atomic E-state index is 0.0795. The molecule has 0 unspecified atom stereocenters. The quantitative estimate of drug-likeness (QED) is 0.263. The van der Waals surface area contributed by atoms with Gasteiger partial charge in [-0.05, 0) is 44.7 Å². The molecule has 4 N–H and O–H groups in total. The van der Waals surface area contributed by atoms with Gasteiger partial charge in [0.25, 0.3) is 0 Å². The number of amides is 4. The highest BCUT2D eigenvalue weighted by Crippen LogP contribution is 2.21. The monoisotopic (exact) mass is 610 g/mol. The van der Waals surface area contributed by atoms with Crippen LogP contribution in [0.3, 0.4) is 0 Å². The van der Waals surface area contributed by atoms with Gasteiger partial charge >= 0.3 is 12.1 Å². The van der Waals surface area contributed by atoms with Gasteiger partial charge in [-0.1, -0.05) is 60.7 Å². The summed E-state index contributed by atoms with van der Waals surface area (Å²) in [6.45, 7) is 4.77. The van der Waals surface area contributed by atoms with Crippen LogP contribution in [-0.4, -0.2) is 89.8 Å². The molecule has 2 aromatic rings.